The quantitative estimate of drug-likeness (QED) is 0.548. The first kappa shape index (κ1) is 21.0. The van der Waals surface area contributed by atoms with Crippen molar-refractivity contribution in [3.05, 3.63) is 52.2 Å². The Bertz CT molecular complexity index is 935. The third kappa shape index (κ3) is 5.33. The number of hydrogen-bond donors (Lipinski definition) is 2. The number of esters is 1. The molecule has 2 aromatic rings. The fraction of sp³-hybridized carbons (Fsp3) is 0.118. The van der Waals surface area contributed by atoms with Crippen molar-refractivity contribution in [3.8, 4) is 11.5 Å². The Balaban J connectivity index is 2.40. The number of nitrogens with one attached hydrogen (secondary N) is 1. The van der Waals surface area contributed by atoms with E-state index >= 15 is 0 Å². The number of ether oxygens (including phenoxy) is 2. The molecule has 0 aliphatic heterocycles. The monoisotopic (exact) mass is 415 g/mol. The smallest absolute Gasteiger partial charge is 0.416 e. The molecule has 1 heterocycles. The van der Waals surface area contributed by atoms with Crippen LogP contribution < -0.4 is 10.1 Å². The van der Waals surface area contributed by atoms with Crippen molar-refractivity contribution < 1.29 is 42.1 Å². The number of methoxy groups -OCH3 is 1. The summed E-state index contributed by atoms with van der Waals surface area (Å²) >= 11 is 0.997. The molecule has 0 saturated carbocycles. The van der Waals surface area contributed by atoms with E-state index in [0.29, 0.717) is 18.2 Å². The average molecular weight is 415 g/mol. The van der Waals surface area contributed by atoms with Gasteiger partial charge in [0.25, 0.3) is 0 Å². The Morgan fingerprint density at radius 3 is 2.46 bits per heavy atom. The van der Waals surface area contributed by atoms with Crippen LogP contribution in [0, 0.1) is 0 Å². The van der Waals surface area contributed by atoms with E-state index in [9.17, 15) is 27.6 Å². The van der Waals surface area contributed by atoms with Gasteiger partial charge >= 0.3 is 18.1 Å². The number of halogens is 3. The third-order valence-corrected chi connectivity index (χ3v) is 4.04. The molecule has 0 atom stereocenters. The fourth-order valence-electron chi connectivity index (χ4n) is 1.95. The van der Waals surface area contributed by atoms with Gasteiger partial charge < -0.3 is 19.9 Å². The van der Waals surface area contributed by atoms with Crippen molar-refractivity contribution in [2.24, 2.45) is 0 Å². The van der Waals surface area contributed by atoms with Crippen LogP contribution in [0.2, 0.25) is 0 Å². The summed E-state index contributed by atoms with van der Waals surface area (Å²) in [6.07, 6.45) is -3.52. The Labute approximate surface area is 160 Å². The van der Waals surface area contributed by atoms with Crippen molar-refractivity contribution in [2.75, 3.05) is 12.4 Å². The highest BCUT2D eigenvalue weighted by molar-refractivity contribution is 7.12. The van der Waals surface area contributed by atoms with Crippen LogP contribution in [0.15, 0.2) is 41.8 Å². The van der Waals surface area contributed by atoms with E-state index in [1.54, 1.807) is 0 Å². The molecule has 0 aliphatic rings. The van der Waals surface area contributed by atoms with Gasteiger partial charge in [-0.25, -0.2) is 9.59 Å². The summed E-state index contributed by atoms with van der Waals surface area (Å²) in [6, 6.07) is 3.75. The number of benzene rings is 1. The molecule has 0 fully saturated rings. The maximum atomic E-state index is 13.0. The summed E-state index contributed by atoms with van der Waals surface area (Å²) in [5.74, 6) is -3.25. The highest BCUT2D eigenvalue weighted by atomic mass is 32.1. The number of carbonyl (C=O) groups excluding carboxylic acids is 2. The fourth-order valence-corrected chi connectivity index (χ4v) is 2.69. The second-order valence-electron chi connectivity index (χ2n) is 5.08. The molecule has 1 aromatic carbocycles. The minimum atomic E-state index is -4.69. The van der Waals surface area contributed by atoms with E-state index in [2.05, 4.69) is 10.1 Å². The van der Waals surface area contributed by atoms with Crippen LogP contribution in [-0.2, 0) is 20.5 Å². The number of thiophene rings is 1. The first-order chi connectivity index (χ1) is 13.1. The number of carboxylic acid groups (broad SMARTS) is 1. The molecule has 0 spiro atoms. The normalized spacial score (nSPS) is 11.3. The highest BCUT2D eigenvalue weighted by Crippen LogP contribution is 2.38. The Morgan fingerprint density at radius 2 is 1.86 bits per heavy atom. The molecule has 1 amide bonds. The minimum absolute atomic E-state index is 0.0215. The van der Waals surface area contributed by atoms with Gasteiger partial charge in [0.15, 0.2) is 16.4 Å². The van der Waals surface area contributed by atoms with Crippen LogP contribution in [0.3, 0.4) is 0 Å². The standard InChI is InChI=1S/C17H12F3NO6S/c1-26-16(25)15-12(6-7-28-15)27-11-3-2-9(17(18,19)20)8-10(11)21-13(22)4-5-14(23)24/h2-8H,1H3,(H,21,22)(H,23,24)/b5-4+. The topological polar surface area (TPSA) is 102 Å². The SMILES string of the molecule is COC(=O)c1sccc1Oc1ccc(C(F)(F)F)cc1NC(=O)/C=C/C(=O)O. The van der Waals surface area contributed by atoms with Crippen LogP contribution in [0.5, 0.6) is 11.5 Å². The lowest BCUT2D eigenvalue weighted by molar-refractivity contribution is -0.137. The van der Waals surface area contributed by atoms with Gasteiger partial charge in [-0.1, -0.05) is 0 Å². The molecule has 0 saturated heterocycles. The van der Waals surface area contributed by atoms with Crippen LogP contribution in [0.25, 0.3) is 0 Å². The van der Waals surface area contributed by atoms with Crippen LogP contribution in [0.4, 0.5) is 18.9 Å². The van der Waals surface area contributed by atoms with Crippen molar-refractivity contribution in [1.29, 1.82) is 0 Å². The van der Waals surface area contributed by atoms with E-state index in [0.717, 1.165) is 30.6 Å². The second kappa shape index (κ2) is 8.57. The second-order valence-corrected chi connectivity index (χ2v) is 5.99. The molecular weight excluding hydrogens is 403 g/mol. The molecule has 148 valence electrons. The van der Waals surface area contributed by atoms with Crippen molar-refractivity contribution >= 4 is 34.9 Å². The first-order valence-electron chi connectivity index (χ1n) is 7.38. The number of aliphatic carboxylic acids is 1. The van der Waals surface area contributed by atoms with Crippen LogP contribution in [0.1, 0.15) is 15.2 Å². The molecule has 0 bridgehead atoms. The molecule has 0 aliphatic carbocycles. The Kier molecular flexibility index (Phi) is 6.41. The van der Waals surface area contributed by atoms with E-state index in [4.69, 9.17) is 9.84 Å². The minimum Gasteiger partial charge on any atom is -0.478 e. The summed E-state index contributed by atoms with van der Waals surface area (Å²) in [5.41, 5.74) is -1.42. The summed E-state index contributed by atoms with van der Waals surface area (Å²) in [5, 5.41) is 12.2. The number of carbonyl (C=O) groups is 3. The van der Waals surface area contributed by atoms with Gasteiger partial charge in [-0.2, -0.15) is 13.2 Å². The zero-order chi connectivity index (χ0) is 20.9. The van der Waals surface area contributed by atoms with Gasteiger partial charge in [0.2, 0.25) is 5.91 Å². The molecule has 0 radical (unpaired) electrons. The lowest BCUT2D eigenvalue weighted by Gasteiger charge is -2.14. The van der Waals surface area contributed by atoms with Gasteiger partial charge in [-0.05, 0) is 29.6 Å². The van der Waals surface area contributed by atoms with Crippen LogP contribution >= 0.6 is 11.3 Å². The van der Waals surface area contributed by atoms with E-state index in [-0.39, 0.29) is 22.1 Å². The molecular formula is C17H12F3NO6S. The maximum Gasteiger partial charge on any atom is 0.416 e. The van der Waals surface area contributed by atoms with Gasteiger partial charge in [-0.15, -0.1) is 11.3 Å². The number of alkyl halides is 3. The van der Waals surface area contributed by atoms with Crippen molar-refractivity contribution in [2.45, 2.75) is 6.18 Å². The number of rotatable bonds is 6. The molecule has 2 N–H and O–H groups in total. The van der Waals surface area contributed by atoms with Gasteiger partial charge in [0, 0.05) is 12.2 Å². The molecule has 11 heteroatoms. The van der Waals surface area contributed by atoms with Crippen molar-refractivity contribution in [3.63, 3.8) is 0 Å². The molecule has 1 aromatic heterocycles. The highest BCUT2D eigenvalue weighted by Gasteiger charge is 2.31. The summed E-state index contributed by atoms with van der Waals surface area (Å²) in [4.78, 5) is 34.0. The molecule has 0 unspecified atom stereocenters. The van der Waals surface area contributed by atoms with Gasteiger partial charge in [0.1, 0.15) is 0 Å². The maximum absolute atomic E-state index is 13.0. The Hall–Kier alpha value is -3.34. The van der Waals surface area contributed by atoms with E-state index in [1.165, 1.54) is 11.4 Å². The number of carboxylic acids is 1. The summed E-state index contributed by atoms with van der Waals surface area (Å²) < 4.78 is 49.0. The summed E-state index contributed by atoms with van der Waals surface area (Å²) in [7, 11) is 1.16. The predicted octanol–water partition coefficient (Wildman–Crippen LogP) is 3.93. The van der Waals surface area contributed by atoms with Gasteiger partial charge in [0.05, 0.1) is 18.4 Å². The molecule has 7 nitrogen and oxygen atoms in total. The zero-order valence-electron chi connectivity index (χ0n) is 14.1. The first-order valence-corrected chi connectivity index (χ1v) is 8.26. The zero-order valence-corrected chi connectivity index (χ0v) is 14.9. The number of hydrogen-bond acceptors (Lipinski definition) is 6. The lowest BCUT2D eigenvalue weighted by atomic mass is 10.1. The Morgan fingerprint density at radius 1 is 1.14 bits per heavy atom. The molecule has 2 rings (SSSR count). The van der Waals surface area contributed by atoms with E-state index in [1.807, 2.05) is 0 Å². The summed E-state index contributed by atoms with van der Waals surface area (Å²) in [6.45, 7) is 0. The van der Waals surface area contributed by atoms with Crippen molar-refractivity contribution in [1.82, 2.24) is 0 Å². The predicted molar refractivity (Wildman–Crippen MR) is 92.6 cm³/mol. The average Bonchev–Trinajstić information content (AvgIpc) is 3.08. The molecule has 28 heavy (non-hydrogen) atoms. The van der Waals surface area contributed by atoms with E-state index < -0.39 is 29.6 Å². The largest absolute Gasteiger partial charge is 0.478 e. The lowest BCUT2D eigenvalue weighted by Crippen LogP contribution is -2.12. The number of amides is 1. The van der Waals surface area contributed by atoms with Crippen LogP contribution in [-0.4, -0.2) is 30.1 Å². The third-order valence-electron chi connectivity index (χ3n) is 3.16. The van der Waals surface area contributed by atoms with Gasteiger partial charge in [-0.3, -0.25) is 4.79 Å². The number of anilines is 1.